The zero-order chi connectivity index (χ0) is 8.69. The molecule has 0 aliphatic heterocycles. The lowest BCUT2D eigenvalue weighted by Crippen LogP contribution is -1.63. The molecule has 3 nitrogen and oxygen atoms in total. The molecule has 5 heteroatoms. The summed E-state index contributed by atoms with van der Waals surface area (Å²) in [5, 5.41) is 0. The Bertz CT molecular complexity index is 178. The third-order valence-electron chi connectivity index (χ3n) is 0.733. The molecule has 0 bridgehead atoms. The number of hydrogen-bond donors (Lipinski definition) is 3. The van der Waals surface area contributed by atoms with Crippen molar-refractivity contribution in [3.63, 3.8) is 0 Å². The van der Waals surface area contributed by atoms with E-state index in [-0.39, 0.29) is 5.82 Å². The Balaban J connectivity index is 0.000000218. The first-order chi connectivity index (χ1) is 5.13. The maximum atomic E-state index is 11.9. The van der Waals surface area contributed by atoms with E-state index in [1.807, 2.05) is 0 Å². The van der Waals surface area contributed by atoms with Crippen LogP contribution >= 0.6 is 8.60 Å². The van der Waals surface area contributed by atoms with Gasteiger partial charge in [0.25, 0.3) is 0 Å². The summed E-state index contributed by atoms with van der Waals surface area (Å²) >= 11 is 0. The van der Waals surface area contributed by atoms with Crippen LogP contribution in [0.3, 0.4) is 0 Å². The number of halogens is 1. The molecule has 0 heterocycles. The van der Waals surface area contributed by atoms with Gasteiger partial charge in [-0.2, -0.15) is 0 Å². The fourth-order valence-corrected chi connectivity index (χ4v) is 0.415. The largest absolute Gasteiger partial charge is 0.328 e. The van der Waals surface area contributed by atoms with Gasteiger partial charge in [-0.1, -0.05) is 18.2 Å². The SMILES string of the molecule is Fc1ccccc1.OP(O)O. The molecule has 3 N–H and O–H groups in total. The van der Waals surface area contributed by atoms with Crippen molar-refractivity contribution in [2.45, 2.75) is 0 Å². The lowest BCUT2D eigenvalue weighted by Gasteiger charge is -1.78. The van der Waals surface area contributed by atoms with Crippen LogP contribution in [-0.4, -0.2) is 14.7 Å². The third kappa shape index (κ3) is 9.46. The monoisotopic (exact) mass is 178 g/mol. The lowest BCUT2D eigenvalue weighted by atomic mass is 10.4. The minimum absolute atomic E-state index is 0.178. The summed E-state index contributed by atoms with van der Waals surface area (Å²) in [6.07, 6.45) is 0. The van der Waals surface area contributed by atoms with Crippen molar-refractivity contribution in [3.05, 3.63) is 36.1 Å². The molecule has 0 aliphatic rings. The molecule has 0 amide bonds. The van der Waals surface area contributed by atoms with Crippen LogP contribution in [0.1, 0.15) is 0 Å². The number of rotatable bonds is 0. The van der Waals surface area contributed by atoms with E-state index in [0.717, 1.165) is 0 Å². The second-order valence-electron chi connectivity index (χ2n) is 1.56. The zero-order valence-corrected chi connectivity index (χ0v) is 6.45. The molecule has 0 unspecified atom stereocenters. The van der Waals surface area contributed by atoms with E-state index in [0.29, 0.717) is 0 Å². The molecule has 11 heavy (non-hydrogen) atoms. The van der Waals surface area contributed by atoms with Crippen molar-refractivity contribution in [1.82, 2.24) is 0 Å². The van der Waals surface area contributed by atoms with Crippen molar-refractivity contribution in [2.75, 3.05) is 0 Å². The van der Waals surface area contributed by atoms with Crippen LogP contribution < -0.4 is 0 Å². The highest BCUT2D eigenvalue weighted by molar-refractivity contribution is 7.38. The Hall–Kier alpha value is -0.540. The lowest BCUT2D eigenvalue weighted by molar-refractivity contribution is 0.368. The third-order valence-corrected chi connectivity index (χ3v) is 0.733. The average Bonchev–Trinajstić information content (AvgIpc) is 1.87. The smallest absolute Gasteiger partial charge is 0.324 e. The van der Waals surface area contributed by atoms with Crippen molar-refractivity contribution in [3.8, 4) is 0 Å². The van der Waals surface area contributed by atoms with Crippen molar-refractivity contribution >= 4 is 8.60 Å². The molecule has 0 fully saturated rings. The predicted octanol–water partition coefficient (Wildman–Crippen LogP) is 1.02. The zero-order valence-electron chi connectivity index (χ0n) is 5.55. The molecule has 1 aromatic rings. The highest BCUT2D eigenvalue weighted by Crippen LogP contribution is 2.11. The maximum absolute atomic E-state index is 11.9. The van der Waals surface area contributed by atoms with Crippen LogP contribution in [0.25, 0.3) is 0 Å². The van der Waals surface area contributed by atoms with Gasteiger partial charge >= 0.3 is 8.60 Å². The Morgan fingerprint density at radius 1 is 1.00 bits per heavy atom. The van der Waals surface area contributed by atoms with Gasteiger partial charge in [-0.05, 0) is 12.1 Å². The van der Waals surface area contributed by atoms with Gasteiger partial charge in [0.1, 0.15) is 5.82 Å². The fourth-order valence-electron chi connectivity index (χ4n) is 0.415. The van der Waals surface area contributed by atoms with Crippen LogP contribution in [0.2, 0.25) is 0 Å². The first kappa shape index (κ1) is 10.5. The molecule has 0 radical (unpaired) electrons. The molecule has 0 spiro atoms. The van der Waals surface area contributed by atoms with Crippen molar-refractivity contribution < 1.29 is 19.1 Å². The Kier molecular flexibility index (Phi) is 5.88. The van der Waals surface area contributed by atoms with Gasteiger partial charge in [0.2, 0.25) is 0 Å². The van der Waals surface area contributed by atoms with E-state index in [1.165, 1.54) is 12.1 Å². The van der Waals surface area contributed by atoms with E-state index < -0.39 is 8.60 Å². The fraction of sp³-hybridized carbons (Fsp3) is 0. The van der Waals surface area contributed by atoms with Gasteiger partial charge < -0.3 is 14.7 Å². The summed E-state index contributed by atoms with van der Waals surface area (Å²) in [5.74, 6) is -0.178. The predicted molar refractivity (Wildman–Crippen MR) is 40.0 cm³/mol. The average molecular weight is 178 g/mol. The van der Waals surface area contributed by atoms with Gasteiger partial charge in [-0.15, -0.1) is 0 Å². The van der Waals surface area contributed by atoms with Gasteiger partial charge in [-0.25, -0.2) is 4.39 Å². The summed E-state index contributed by atoms with van der Waals surface area (Å²) in [4.78, 5) is 21.7. The van der Waals surface area contributed by atoms with Crippen LogP contribution in [0, 0.1) is 5.82 Å². The molecule has 0 saturated heterocycles. The van der Waals surface area contributed by atoms with E-state index in [9.17, 15) is 4.39 Å². The minimum atomic E-state index is -2.62. The van der Waals surface area contributed by atoms with Crippen molar-refractivity contribution in [1.29, 1.82) is 0 Å². The highest BCUT2D eigenvalue weighted by Gasteiger charge is 1.77. The summed E-state index contributed by atoms with van der Waals surface area (Å²) in [6.45, 7) is 0. The molecule has 0 aliphatic carbocycles. The minimum Gasteiger partial charge on any atom is -0.328 e. The number of benzene rings is 1. The van der Waals surface area contributed by atoms with Crippen molar-refractivity contribution in [2.24, 2.45) is 0 Å². The number of hydrogen-bond acceptors (Lipinski definition) is 3. The highest BCUT2D eigenvalue weighted by atomic mass is 31.2. The Labute approximate surface area is 64.7 Å². The van der Waals surface area contributed by atoms with Crippen LogP contribution in [0.15, 0.2) is 30.3 Å². The molecular weight excluding hydrogens is 170 g/mol. The van der Waals surface area contributed by atoms with Crippen LogP contribution in [0.5, 0.6) is 0 Å². The molecule has 0 aromatic heterocycles. The normalized spacial score (nSPS) is 8.82. The second kappa shape index (κ2) is 6.19. The Morgan fingerprint density at radius 2 is 1.36 bits per heavy atom. The van der Waals surface area contributed by atoms with Crippen LogP contribution in [0.4, 0.5) is 4.39 Å². The molecule has 62 valence electrons. The van der Waals surface area contributed by atoms with Gasteiger partial charge in [0, 0.05) is 0 Å². The van der Waals surface area contributed by atoms with Gasteiger partial charge in [-0.3, -0.25) is 0 Å². The van der Waals surface area contributed by atoms with Gasteiger partial charge in [0.15, 0.2) is 0 Å². The first-order valence-corrected chi connectivity index (χ1v) is 3.90. The Morgan fingerprint density at radius 3 is 1.55 bits per heavy atom. The maximum Gasteiger partial charge on any atom is 0.324 e. The van der Waals surface area contributed by atoms with Crippen LogP contribution in [-0.2, 0) is 0 Å². The summed E-state index contributed by atoms with van der Waals surface area (Å²) < 4.78 is 11.9. The van der Waals surface area contributed by atoms with E-state index in [2.05, 4.69) is 0 Å². The van der Waals surface area contributed by atoms with E-state index >= 15 is 0 Å². The molecule has 0 atom stereocenters. The topological polar surface area (TPSA) is 60.7 Å². The first-order valence-electron chi connectivity index (χ1n) is 2.70. The quantitative estimate of drug-likeness (QED) is 0.519. The van der Waals surface area contributed by atoms with Gasteiger partial charge in [0.05, 0.1) is 0 Å². The van der Waals surface area contributed by atoms with E-state index in [1.54, 1.807) is 18.2 Å². The summed E-state index contributed by atoms with van der Waals surface area (Å²) in [5.41, 5.74) is 0. The summed E-state index contributed by atoms with van der Waals surface area (Å²) in [6, 6.07) is 7.94. The molecule has 1 rings (SSSR count). The molecule has 1 aromatic carbocycles. The molecule has 0 saturated carbocycles. The molecular formula is C6H8FO3P. The summed E-state index contributed by atoms with van der Waals surface area (Å²) in [7, 11) is -2.62. The second-order valence-corrected chi connectivity index (χ2v) is 2.10. The van der Waals surface area contributed by atoms with E-state index in [4.69, 9.17) is 14.7 Å². The standard InChI is InChI=1S/C6H5F.H3O3P/c7-6-4-2-1-3-5-6;1-4(2)3/h1-5H;1-3H.